The molecule has 0 spiro atoms. The van der Waals surface area contributed by atoms with Crippen molar-refractivity contribution in [3.05, 3.63) is 71.8 Å². The summed E-state index contributed by atoms with van der Waals surface area (Å²) in [7, 11) is -1.92. The molecule has 2 aromatic carbocycles. The van der Waals surface area contributed by atoms with Gasteiger partial charge >= 0.3 is 0 Å². The maximum Gasteiger partial charge on any atom is 0.164 e. The average molecular weight is 275 g/mol. The minimum Gasteiger partial charge on any atom is -0.166 e. The van der Waals surface area contributed by atoms with E-state index in [0.29, 0.717) is 0 Å². The Bertz CT molecular complexity index is 460. The number of hydrogen-bond donors (Lipinski definition) is 0. The van der Waals surface area contributed by atoms with Crippen LogP contribution in [0.3, 0.4) is 0 Å². The monoisotopic (exact) mass is 274 g/mol. The summed E-state index contributed by atoms with van der Waals surface area (Å²) < 4.78 is 0. The van der Waals surface area contributed by atoms with Crippen LogP contribution in [-0.2, 0) is 5.04 Å². The van der Waals surface area contributed by atoms with Gasteiger partial charge in [-0.25, -0.2) is 0 Å². The van der Waals surface area contributed by atoms with Crippen molar-refractivity contribution < 1.29 is 0 Å². The van der Waals surface area contributed by atoms with Gasteiger partial charge in [0.25, 0.3) is 0 Å². The van der Waals surface area contributed by atoms with Crippen molar-refractivity contribution in [2.45, 2.75) is 25.1 Å². The van der Waals surface area contributed by atoms with E-state index in [0.717, 1.165) is 0 Å². The van der Waals surface area contributed by atoms with E-state index in [9.17, 15) is 0 Å². The van der Waals surface area contributed by atoms with Gasteiger partial charge in [-0.05, 0) is 11.1 Å². The number of halogens is 1. The lowest BCUT2D eigenvalue weighted by Gasteiger charge is -2.39. The van der Waals surface area contributed by atoms with Crippen molar-refractivity contribution in [3.8, 4) is 0 Å². The Morgan fingerprint density at radius 2 is 1.11 bits per heavy atom. The topological polar surface area (TPSA) is 0 Å². The molecule has 0 heterocycles. The Morgan fingerprint density at radius 1 is 0.778 bits per heavy atom. The molecular weight excluding hydrogens is 256 g/mol. The van der Waals surface area contributed by atoms with E-state index in [4.69, 9.17) is 11.1 Å². The predicted molar refractivity (Wildman–Crippen MR) is 82.7 cm³/mol. The first-order valence-corrected chi connectivity index (χ1v) is 10.3. The summed E-state index contributed by atoms with van der Waals surface area (Å²) in [5.74, 6) is 0. The van der Waals surface area contributed by atoms with Gasteiger partial charge in [0, 0.05) is 5.04 Å². The van der Waals surface area contributed by atoms with Gasteiger partial charge in [-0.2, -0.15) is 11.1 Å². The lowest BCUT2D eigenvalue weighted by molar-refractivity contribution is 0.787. The van der Waals surface area contributed by atoms with Crippen LogP contribution in [0.1, 0.15) is 18.1 Å². The van der Waals surface area contributed by atoms with Crippen LogP contribution in [-0.4, -0.2) is 7.38 Å². The summed E-state index contributed by atoms with van der Waals surface area (Å²) >= 11 is 6.85. The van der Waals surface area contributed by atoms with E-state index >= 15 is 0 Å². The fraction of sp³-hybridized carbons (Fsp3) is 0.250. The summed E-state index contributed by atoms with van der Waals surface area (Å²) in [4.78, 5) is 0. The van der Waals surface area contributed by atoms with E-state index in [-0.39, 0.29) is 5.04 Å². The van der Waals surface area contributed by atoms with Crippen LogP contribution in [0.5, 0.6) is 0 Å². The van der Waals surface area contributed by atoms with Crippen molar-refractivity contribution in [2.24, 2.45) is 0 Å². The molecule has 0 bridgehead atoms. The van der Waals surface area contributed by atoms with Crippen LogP contribution in [0.25, 0.3) is 0 Å². The van der Waals surface area contributed by atoms with Gasteiger partial charge in [0.15, 0.2) is 7.38 Å². The molecular formula is C16H19ClSi. The zero-order valence-corrected chi connectivity index (χ0v) is 12.9. The van der Waals surface area contributed by atoms with Crippen LogP contribution in [0.4, 0.5) is 0 Å². The second-order valence-corrected chi connectivity index (χ2v) is 12.1. The van der Waals surface area contributed by atoms with Gasteiger partial charge in [-0.3, -0.25) is 0 Å². The molecule has 0 amide bonds. The van der Waals surface area contributed by atoms with Crippen LogP contribution < -0.4 is 0 Å². The van der Waals surface area contributed by atoms with Gasteiger partial charge in [-0.15, -0.1) is 0 Å². The van der Waals surface area contributed by atoms with Crippen LogP contribution >= 0.6 is 11.1 Å². The second-order valence-electron chi connectivity index (χ2n) is 5.33. The van der Waals surface area contributed by atoms with E-state index in [1.165, 1.54) is 11.1 Å². The van der Waals surface area contributed by atoms with Crippen molar-refractivity contribution in [1.82, 2.24) is 0 Å². The van der Waals surface area contributed by atoms with E-state index in [2.05, 4.69) is 80.7 Å². The molecule has 0 radical (unpaired) electrons. The molecule has 2 heteroatoms. The first-order valence-electron chi connectivity index (χ1n) is 6.26. The number of hydrogen-bond acceptors (Lipinski definition) is 0. The van der Waals surface area contributed by atoms with Crippen LogP contribution in [0, 0.1) is 0 Å². The summed E-state index contributed by atoms with van der Waals surface area (Å²) in [6.45, 7) is 6.71. The molecule has 0 saturated heterocycles. The van der Waals surface area contributed by atoms with Crippen molar-refractivity contribution in [3.63, 3.8) is 0 Å². The second kappa shape index (κ2) is 4.91. The third-order valence-electron chi connectivity index (χ3n) is 3.89. The molecule has 0 atom stereocenters. The summed E-state index contributed by atoms with van der Waals surface area (Å²) in [5.41, 5.74) is 2.62. The molecule has 0 fully saturated rings. The van der Waals surface area contributed by atoms with Crippen molar-refractivity contribution >= 4 is 18.5 Å². The maximum atomic E-state index is 6.85. The summed E-state index contributed by atoms with van der Waals surface area (Å²) in [6, 6.07) is 21.2. The quantitative estimate of drug-likeness (QED) is 0.547. The molecule has 0 aliphatic rings. The lowest BCUT2D eigenvalue weighted by Crippen LogP contribution is -2.46. The molecule has 2 rings (SSSR count). The van der Waals surface area contributed by atoms with E-state index in [1.54, 1.807) is 0 Å². The Balaban J connectivity index is 2.63. The Morgan fingerprint density at radius 3 is 1.39 bits per heavy atom. The van der Waals surface area contributed by atoms with Gasteiger partial charge in [0.2, 0.25) is 0 Å². The van der Waals surface area contributed by atoms with Gasteiger partial charge < -0.3 is 0 Å². The Hall–Kier alpha value is -1.05. The molecule has 0 aliphatic heterocycles. The molecule has 18 heavy (non-hydrogen) atoms. The molecule has 0 unspecified atom stereocenters. The molecule has 0 aliphatic carbocycles. The zero-order valence-electron chi connectivity index (χ0n) is 11.2. The van der Waals surface area contributed by atoms with Crippen LogP contribution in [0.15, 0.2) is 60.7 Å². The Labute approximate surface area is 115 Å². The highest BCUT2D eigenvalue weighted by Crippen LogP contribution is 2.42. The highest BCUT2D eigenvalue weighted by atomic mass is 35.6. The summed E-state index contributed by atoms with van der Waals surface area (Å²) in [5, 5.41) is -0.0723. The lowest BCUT2D eigenvalue weighted by atomic mass is 9.92. The third kappa shape index (κ3) is 2.25. The fourth-order valence-electron chi connectivity index (χ4n) is 2.40. The molecule has 0 saturated carbocycles. The highest BCUT2D eigenvalue weighted by molar-refractivity contribution is 7.20. The highest BCUT2D eigenvalue weighted by Gasteiger charge is 2.44. The maximum absolute atomic E-state index is 6.85. The third-order valence-corrected chi connectivity index (χ3v) is 7.98. The largest absolute Gasteiger partial charge is 0.166 e. The first kappa shape index (κ1) is 13.4. The molecule has 0 N–H and O–H groups in total. The molecule has 0 aromatic heterocycles. The van der Waals surface area contributed by atoms with Crippen molar-refractivity contribution in [2.75, 3.05) is 0 Å². The number of rotatable bonds is 3. The minimum absolute atomic E-state index is 0.0723. The fourth-order valence-corrected chi connectivity index (χ4v) is 4.76. The number of benzene rings is 2. The van der Waals surface area contributed by atoms with E-state index in [1.807, 2.05) is 0 Å². The zero-order chi connectivity index (χ0) is 13.2. The average Bonchev–Trinajstić information content (AvgIpc) is 2.38. The smallest absolute Gasteiger partial charge is 0.164 e. The standard InChI is InChI=1S/C16H19ClSi/c1-16(18(2,3)17,14-10-6-4-7-11-14)15-12-8-5-9-13-15/h4-13H,1-3H3. The SMILES string of the molecule is CC(c1ccccc1)(c1ccccc1)[Si](C)(C)Cl. The normalized spacial score (nSPS) is 12.4. The summed E-state index contributed by atoms with van der Waals surface area (Å²) in [6.07, 6.45) is 0. The molecule has 94 valence electrons. The van der Waals surface area contributed by atoms with Gasteiger partial charge in [0.1, 0.15) is 0 Å². The predicted octanol–water partition coefficient (Wildman–Crippen LogP) is 4.98. The first-order chi connectivity index (χ1) is 8.46. The van der Waals surface area contributed by atoms with Gasteiger partial charge in [-0.1, -0.05) is 80.7 Å². The Kier molecular flexibility index (Phi) is 3.65. The van der Waals surface area contributed by atoms with Crippen molar-refractivity contribution in [1.29, 1.82) is 0 Å². The van der Waals surface area contributed by atoms with E-state index < -0.39 is 7.38 Å². The van der Waals surface area contributed by atoms with Gasteiger partial charge in [0.05, 0.1) is 0 Å². The molecule has 0 nitrogen and oxygen atoms in total. The van der Waals surface area contributed by atoms with Crippen LogP contribution in [0.2, 0.25) is 13.1 Å². The minimum atomic E-state index is -1.92. The molecule has 2 aromatic rings.